The average molecular weight is 249 g/mol. The van der Waals surface area contributed by atoms with Gasteiger partial charge < -0.3 is 5.73 Å². The van der Waals surface area contributed by atoms with E-state index in [1.54, 1.807) is 18.2 Å². The highest BCUT2D eigenvalue weighted by atomic mass is 79.9. The molecular weight excluding hydrogens is 241 g/mol. The second-order valence-corrected chi connectivity index (χ2v) is 3.65. The van der Waals surface area contributed by atoms with Crippen LogP contribution < -0.4 is 5.73 Å². The highest BCUT2D eigenvalue weighted by Gasteiger charge is 2.01. The predicted molar refractivity (Wildman–Crippen MR) is 52.1 cm³/mol. The van der Waals surface area contributed by atoms with Crippen LogP contribution in [0.5, 0.6) is 0 Å². The molecule has 0 bridgehead atoms. The molecule has 64 valence electrons. The predicted octanol–water partition coefficient (Wildman–Crippen LogP) is 2.13. The molecule has 0 saturated heterocycles. The standard InChI is InChI=1S/C8H7BrClNO/c9-6-3-5(4-8(11)12)1-2-7(6)10/h1-3H,4H2,(H2,11,12). The fraction of sp³-hybridized carbons (Fsp3) is 0.125. The molecule has 0 heterocycles. The highest BCUT2D eigenvalue weighted by molar-refractivity contribution is 9.10. The third-order valence-electron chi connectivity index (χ3n) is 1.36. The van der Waals surface area contributed by atoms with E-state index < -0.39 is 0 Å². The molecule has 0 aromatic heterocycles. The minimum atomic E-state index is -0.343. The Morgan fingerprint density at radius 3 is 2.75 bits per heavy atom. The molecule has 0 unspecified atom stereocenters. The van der Waals surface area contributed by atoms with E-state index in [0.29, 0.717) is 5.02 Å². The van der Waals surface area contributed by atoms with Crippen LogP contribution in [0.15, 0.2) is 22.7 Å². The first-order valence-electron chi connectivity index (χ1n) is 3.32. The van der Waals surface area contributed by atoms with Gasteiger partial charge in [0.15, 0.2) is 0 Å². The molecule has 0 aliphatic rings. The first-order valence-corrected chi connectivity index (χ1v) is 4.49. The molecule has 1 amide bonds. The van der Waals surface area contributed by atoms with E-state index in [4.69, 9.17) is 17.3 Å². The van der Waals surface area contributed by atoms with Crippen molar-refractivity contribution in [3.05, 3.63) is 33.3 Å². The van der Waals surface area contributed by atoms with Crippen LogP contribution in [0.25, 0.3) is 0 Å². The van der Waals surface area contributed by atoms with Crippen molar-refractivity contribution in [3.8, 4) is 0 Å². The lowest BCUT2D eigenvalue weighted by molar-refractivity contribution is -0.117. The van der Waals surface area contributed by atoms with Crippen molar-refractivity contribution >= 4 is 33.4 Å². The molecule has 1 rings (SSSR count). The molecule has 2 nitrogen and oxygen atoms in total. The summed E-state index contributed by atoms with van der Waals surface area (Å²) in [7, 11) is 0. The van der Waals surface area contributed by atoms with E-state index in [1.807, 2.05) is 0 Å². The number of carbonyl (C=O) groups is 1. The fourth-order valence-electron chi connectivity index (χ4n) is 0.851. The average Bonchev–Trinajstić information content (AvgIpc) is 1.96. The van der Waals surface area contributed by atoms with Gasteiger partial charge >= 0.3 is 0 Å². The summed E-state index contributed by atoms with van der Waals surface area (Å²) in [6, 6.07) is 5.29. The maximum absolute atomic E-state index is 10.5. The van der Waals surface area contributed by atoms with Crippen molar-refractivity contribution in [2.75, 3.05) is 0 Å². The van der Waals surface area contributed by atoms with Crippen molar-refractivity contribution in [2.24, 2.45) is 5.73 Å². The molecule has 0 fully saturated rings. The van der Waals surface area contributed by atoms with Crippen molar-refractivity contribution in [3.63, 3.8) is 0 Å². The Morgan fingerprint density at radius 1 is 1.58 bits per heavy atom. The van der Waals surface area contributed by atoms with Gasteiger partial charge in [-0.25, -0.2) is 0 Å². The van der Waals surface area contributed by atoms with Crippen LogP contribution in [0.1, 0.15) is 5.56 Å². The first-order chi connectivity index (χ1) is 5.59. The van der Waals surface area contributed by atoms with Gasteiger partial charge in [0, 0.05) is 4.47 Å². The maximum atomic E-state index is 10.5. The lowest BCUT2D eigenvalue weighted by Gasteiger charge is -1.99. The lowest BCUT2D eigenvalue weighted by atomic mass is 10.1. The fourth-order valence-corrected chi connectivity index (χ4v) is 1.39. The minimum Gasteiger partial charge on any atom is -0.369 e. The van der Waals surface area contributed by atoms with Gasteiger partial charge in [0.1, 0.15) is 0 Å². The van der Waals surface area contributed by atoms with Crippen molar-refractivity contribution in [2.45, 2.75) is 6.42 Å². The van der Waals surface area contributed by atoms with E-state index in [2.05, 4.69) is 15.9 Å². The SMILES string of the molecule is NC(=O)Cc1ccc(Cl)c(Br)c1. The molecule has 12 heavy (non-hydrogen) atoms. The quantitative estimate of drug-likeness (QED) is 0.856. The zero-order valence-corrected chi connectivity index (χ0v) is 8.52. The van der Waals surface area contributed by atoms with Gasteiger partial charge in [-0.1, -0.05) is 17.7 Å². The number of hydrogen-bond acceptors (Lipinski definition) is 1. The molecule has 1 aromatic carbocycles. The number of primary amides is 1. The van der Waals surface area contributed by atoms with Gasteiger partial charge in [-0.2, -0.15) is 0 Å². The van der Waals surface area contributed by atoms with E-state index in [-0.39, 0.29) is 12.3 Å². The number of nitrogens with two attached hydrogens (primary N) is 1. The van der Waals surface area contributed by atoms with E-state index in [0.717, 1.165) is 10.0 Å². The number of carbonyl (C=O) groups excluding carboxylic acids is 1. The van der Waals surface area contributed by atoms with Crippen LogP contribution in [-0.2, 0) is 11.2 Å². The summed E-state index contributed by atoms with van der Waals surface area (Å²) in [5.41, 5.74) is 5.89. The van der Waals surface area contributed by atoms with E-state index in [1.165, 1.54) is 0 Å². The Hall–Kier alpha value is -0.540. The summed E-state index contributed by atoms with van der Waals surface area (Å²) < 4.78 is 0.780. The number of rotatable bonds is 2. The van der Waals surface area contributed by atoms with Gasteiger partial charge in [0.05, 0.1) is 11.4 Å². The van der Waals surface area contributed by atoms with Crippen LogP contribution in [-0.4, -0.2) is 5.91 Å². The second kappa shape index (κ2) is 3.92. The van der Waals surface area contributed by atoms with E-state index in [9.17, 15) is 4.79 Å². The smallest absolute Gasteiger partial charge is 0.221 e. The van der Waals surface area contributed by atoms with Gasteiger partial charge in [0.25, 0.3) is 0 Å². The number of benzene rings is 1. The second-order valence-electron chi connectivity index (χ2n) is 2.39. The van der Waals surface area contributed by atoms with Crippen LogP contribution in [0.3, 0.4) is 0 Å². The van der Waals surface area contributed by atoms with E-state index >= 15 is 0 Å². The molecular formula is C8H7BrClNO. The largest absolute Gasteiger partial charge is 0.369 e. The Labute approximate surface area is 83.8 Å². The molecule has 0 atom stereocenters. The van der Waals surface area contributed by atoms with Crippen LogP contribution in [0.4, 0.5) is 0 Å². The van der Waals surface area contributed by atoms with Crippen molar-refractivity contribution < 1.29 is 4.79 Å². The normalized spacial score (nSPS) is 9.83. The number of hydrogen-bond donors (Lipinski definition) is 1. The van der Waals surface area contributed by atoms with Gasteiger partial charge in [-0.3, -0.25) is 4.79 Å². The minimum absolute atomic E-state index is 0.246. The topological polar surface area (TPSA) is 43.1 Å². The molecule has 0 radical (unpaired) electrons. The zero-order chi connectivity index (χ0) is 9.14. The van der Waals surface area contributed by atoms with Crippen LogP contribution in [0.2, 0.25) is 5.02 Å². The summed E-state index contributed by atoms with van der Waals surface area (Å²) in [6.45, 7) is 0. The summed E-state index contributed by atoms with van der Waals surface area (Å²) in [6.07, 6.45) is 0.246. The number of halogens is 2. The first kappa shape index (κ1) is 9.55. The summed E-state index contributed by atoms with van der Waals surface area (Å²) in [4.78, 5) is 10.5. The monoisotopic (exact) mass is 247 g/mol. The molecule has 0 saturated carbocycles. The number of amides is 1. The Balaban J connectivity index is 2.89. The Bertz CT molecular complexity index is 314. The molecule has 0 spiro atoms. The molecule has 4 heteroatoms. The van der Waals surface area contributed by atoms with Crippen molar-refractivity contribution in [1.82, 2.24) is 0 Å². The molecule has 0 aliphatic heterocycles. The maximum Gasteiger partial charge on any atom is 0.221 e. The summed E-state index contributed by atoms with van der Waals surface area (Å²) >= 11 is 9.01. The summed E-state index contributed by atoms with van der Waals surface area (Å²) in [5.74, 6) is -0.343. The highest BCUT2D eigenvalue weighted by Crippen LogP contribution is 2.23. The molecule has 2 N–H and O–H groups in total. The molecule has 1 aromatic rings. The molecule has 0 aliphatic carbocycles. The summed E-state index contributed by atoms with van der Waals surface area (Å²) in [5, 5.41) is 0.628. The lowest BCUT2D eigenvalue weighted by Crippen LogP contribution is -2.13. The van der Waals surface area contributed by atoms with Gasteiger partial charge in [-0.15, -0.1) is 0 Å². The van der Waals surface area contributed by atoms with Gasteiger partial charge in [0.2, 0.25) is 5.91 Å². The van der Waals surface area contributed by atoms with Crippen LogP contribution >= 0.6 is 27.5 Å². The Morgan fingerprint density at radius 2 is 2.25 bits per heavy atom. The third-order valence-corrected chi connectivity index (χ3v) is 2.58. The third kappa shape index (κ3) is 2.50. The van der Waals surface area contributed by atoms with Gasteiger partial charge in [-0.05, 0) is 33.6 Å². The Kier molecular flexibility index (Phi) is 3.12. The zero-order valence-electron chi connectivity index (χ0n) is 6.18. The van der Waals surface area contributed by atoms with Crippen LogP contribution in [0, 0.1) is 0 Å². The van der Waals surface area contributed by atoms with Crippen molar-refractivity contribution in [1.29, 1.82) is 0 Å².